The van der Waals surface area contributed by atoms with E-state index < -0.39 is 0 Å². The predicted octanol–water partition coefficient (Wildman–Crippen LogP) is 3.29. The molecule has 0 amide bonds. The molecule has 0 spiro atoms. The lowest BCUT2D eigenvalue weighted by molar-refractivity contribution is 0.847. The number of thiazole rings is 1. The van der Waals surface area contributed by atoms with Gasteiger partial charge >= 0.3 is 0 Å². The van der Waals surface area contributed by atoms with Crippen LogP contribution in [-0.4, -0.2) is 15.0 Å². The molecule has 0 saturated heterocycles. The van der Waals surface area contributed by atoms with E-state index in [-0.39, 0.29) is 6.04 Å². The molecule has 0 aliphatic carbocycles. The van der Waals surface area contributed by atoms with Crippen LogP contribution in [0.1, 0.15) is 41.3 Å². The molecule has 2 heterocycles. The van der Waals surface area contributed by atoms with Crippen LogP contribution in [0.2, 0.25) is 0 Å². The van der Waals surface area contributed by atoms with Gasteiger partial charge in [0.2, 0.25) is 0 Å². The van der Waals surface area contributed by atoms with Crippen molar-refractivity contribution in [3.8, 4) is 0 Å². The monoisotopic (exact) mass is 262 g/mol. The van der Waals surface area contributed by atoms with Gasteiger partial charge in [0.1, 0.15) is 16.6 Å². The maximum Gasteiger partial charge on any atom is 0.130 e. The van der Waals surface area contributed by atoms with Crippen molar-refractivity contribution in [1.82, 2.24) is 15.0 Å². The smallest absolute Gasteiger partial charge is 0.130 e. The number of hydrogen-bond acceptors (Lipinski definition) is 5. The minimum absolute atomic E-state index is 0.169. The number of aryl methyl sites for hydroxylation is 3. The Hall–Kier alpha value is -1.49. The first-order valence-corrected chi connectivity index (χ1v) is 6.93. The van der Waals surface area contributed by atoms with E-state index >= 15 is 0 Å². The van der Waals surface area contributed by atoms with Gasteiger partial charge in [0.05, 0.1) is 6.04 Å². The van der Waals surface area contributed by atoms with Crippen molar-refractivity contribution in [3.05, 3.63) is 33.7 Å². The molecule has 4 nitrogen and oxygen atoms in total. The second-order valence-corrected chi connectivity index (χ2v) is 5.59. The summed E-state index contributed by atoms with van der Waals surface area (Å²) < 4.78 is 0. The molecular formula is C13H18N4S. The fourth-order valence-electron chi connectivity index (χ4n) is 1.74. The van der Waals surface area contributed by atoms with E-state index in [2.05, 4.69) is 41.0 Å². The van der Waals surface area contributed by atoms with Crippen molar-refractivity contribution in [2.75, 3.05) is 5.32 Å². The molecule has 2 rings (SSSR count). The summed E-state index contributed by atoms with van der Waals surface area (Å²) >= 11 is 1.71. The molecule has 0 aliphatic heterocycles. The fourth-order valence-corrected chi connectivity index (χ4v) is 2.52. The van der Waals surface area contributed by atoms with Crippen molar-refractivity contribution < 1.29 is 0 Å². The Balaban J connectivity index is 2.16. The Bertz CT molecular complexity index is 536. The number of nitrogens with zero attached hydrogens (tertiary/aromatic N) is 3. The van der Waals surface area contributed by atoms with Crippen LogP contribution >= 0.6 is 11.3 Å². The molecule has 96 valence electrons. The summed E-state index contributed by atoms with van der Waals surface area (Å²) in [5.41, 5.74) is 1.06. The topological polar surface area (TPSA) is 50.7 Å². The Morgan fingerprint density at radius 1 is 1.33 bits per heavy atom. The standard InChI is InChI=1S/C13H18N4S/c1-5-11-6-12(17-10(4)16-11)15-9(3)13-14-7-8(2)18-13/h6-7,9H,5H2,1-4H3,(H,15,16,17). The van der Waals surface area contributed by atoms with Gasteiger partial charge in [0, 0.05) is 22.8 Å². The van der Waals surface area contributed by atoms with Gasteiger partial charge in [-0.25, -0.2) is 15.0 Å². The second kappa shape index (κ2) is 5.44. The quantitative estimate of drug-likeness (QED) is 0.918. The van der Waals surface area contributed by atoms with Crippen LogP contribution in [0.5, 0.6) is 0 Å². The second-order valence-electron chi connectivity index (χ2n) is 4.32. The molecule has 0 fully saturated rings. The van der Waals surface area contributed by atoms with Gasteiger partial charge in [-0.3, -0.25) is 0 Å². The molecule has 18 heavy (non-hydrogen) atoms. The zero-order valence-electron chi connectivity index (χ0n) is 11.2. The van der Waals surface area contributed by atoms with E-state index in [1.54, 1.807) is 11.3 Å². The highest BCUT2D eigenvalue weighted by atomic mass is 32.1. The normalized spacial score (nSPS) is 12.4. The lowest BCUT2D eigenvalue weighted by Crippen LogP contribution is -2.09. The van der Waals surface area contributed by atoms with Crippen LogP contribution in [0.4, 0.5) is 5.82 Å². The van der Waals surface area contributed by atoms with Crippen LogP contribution in [0.25, 0.3) is 0 Å². The van der Waals surface area contributed by atoms with Gasteiger partial charge in [-0.15, -0.1) is 11.3 Å². The first kappa shape index (κ1) is 13.0. The summed E-state index contributed by atoms with van der Waals surface area (Å²) in [4.78, 5) is 14.4. The van der Waals surface area contributed by atoms with Gasteiger partial charge in [0.15, 0.2) is 0 Å². The molecule has 0 radical (unpaired) electrons. The molecule has 0 aromatic carbocycles. The molecule has 0 bridgehead atoms. The van der Waals surface area contributed by atoms with Crippen LogP contribution in [0.3, 0.4) is 0 Å². The van der Waals surface area contributed by atoms with Crippen molar-refractivity contribution in [1.29, 1.82) is 0 Å². The fraction of sp³-hybridized carbons (Fsp3) is 0.462. The minimum atomic E-state index is 0.169. The Kier molecular flexibility index (Phi) is 3.91. The van der Waals surface area contributed by atoms with Gasteiger partial charge < -0.3 is 5.32 Å². The third kappa shape index (κ3) is 3.04. The van der Waals surface area contributed by atoms with E-state index in [1.165, 1.54) is 4.88 Å². The molecule has 5 heteroatoms. The van der Waals surface area contributed by atoms with E-state index in [9.17, 15) is 0 Å². The zero-order valence-corrected chi connectivity index (χ0v) is 12.0. The van der Waals surface area contributed by atoms with Crippen LogP contribution in [-0.2, 0) is 6.42 Å². The zero-order chi connectivity index (χ0) is 13.1. The van der Waals surface area contributed by atoms with Crippen LogP contribution in [0, 0.1) is 13.8 Å². The van der Waals surface area contributed by atoms with Crippen molar-refractivity contribution in [2.45, 2.75) is 40.2 Å². The summed E-state index contributed by atoms with van der Waals surface area (Å²) in [5.74, 6) is 1.68. The maximum absolute atomic E-state index is 4.41. The Morgan fingerprint density at radius 3 is 2.72 bits per heavy atom. The van der Waals surface area contributed by atoms with Crippen molar-refractivity contribution >= 4 is 17.2 Å². The van der Waals surface area contributed by atoms with Gasteiger partial charge in [-0.1, -0.05) is 6.92 Å². The third-order valence-corrected chi connectivity index (χ3v) is 3.72. The third-order valence-electron chi connectivity index (χ3n) is 2.63. The number of rotatable bonds is 4. The number of aromatic nitrogens is 3. The van der Waals surface area contributed by atoms with E-state index in [0.29, 0.717) is 0 Å². The average Bonchev–Trinajstić information content (AvgIpc) is 2.75. The molecule has 2 aromatic heterocycles. The van der Waals surface area contributed by atoms with Gasteiger partial charge in [0.25, 0.3) is 0 Å². The molecule has 0 aliphatic rings. The van der Waals surface area contributed by atoms with Gasteiger partial charge in [-0.05, 0) is 27.2 Å². The highest BCUT2D eigenvalue weighted by molar-refractivity contribution is 7.11. The largest absolute Gasteiger partial charge is 0.361 e. The molecular weight excluding hydrogens is 244 g/mol. The predicted molar refractivity (Wildman–Crippen MR) is 75.0 cm³/mol. The van der Waals surface area contributed by atoms with Crippen LogP contribution in [0.15, 0.2) is 12.3 Å². The van der Waals surface area contributed by atoms with E-state index in [4.69, 9.17) is 0 Å². The van der Waals surface area contributed by atoms with Crippen molar-refractivity contribution in [2.24, 2.45) is 0 Å². The summed E-state index contributed by atoms with van der Waals surface area (Å²) in [6.45, 7) is 8.18. The van der Waals surface area contributed by atoms with Gasteiger partial charge in [-0.2, -0.15) is 0 Å². The summed E-state index contributed by atoms with van der Waals surface area (Å²) in [5, 5.41) is 4.47. The summed E-state index contributed by atoms with van der Waals surface area (Å²) in [6.07, 6.45) is 2.82. The number of anilines is 1. The highest BCUT2D eigenvalue weighted by Crippen LogP contribution is 2.22. The molecule has 1 N–H and O–H groups in total. The van der Waals surface area contributed by atoms with E-state index in [0.717, 1.165) is 28.8 Å². The average molecular weight is 262 g/mol. The molecule has 2 aromatic rings. The molecule has 1 unspecified atom stereocenters. The van der Waals surface area contributed by atoms with Crippen molar-refractivity contribution in [3.63, 3.8) is 0 Å². The Labute approximate surface area is 112 Å². The summed E-state index contributed by atoms with van der Waals surface area (Å²) in [6, 6.07) is 2.17. The first-order chi connectivity index (χ1) is 8.58. The molecule has 0 saturated carbocycles. The SMILES string of the molecule is CCc1cc(NC(C)c2ncc(C)s2)nc(C)n1. The maximum atomic E-state index is 4.41. The first-order valence-electron chi connectivity index (χ1n) is 6.12. The number of hydrogen-bond donors (Lipinski definition) is 1. The number of nitrogens with one attached hydrogen (secondary N) is 1. The Morgan fingerprint density at radius 2 is 2.11 bits per heavy atom. The molecule has 1 atom stereocenters. The van der Waals surface area contributed by atoms with E-state index in [1.807, 2.05) is 19.2 Å². The highest BCUT2D eigenvalue weighted by Gasteiger charge is 2.10. The summed E-state index contributed by atoms with van der Waals surface area (Å²) in [7, 11) is 0. The lowest BCUT2D eigenvalue weighted by Gasteiger charge is -2.13. The van der Waals surface area contributed by atoms with Crippen LogP contribution < -0.4 is 5.32 Å². The lowest BCUT2D eigenvalue weighted by atomic mass is 10.3. The minimum Gasteiger partial charge on any atom is -0.361 e.